The molecule has 1 heterocycles. The molecule has 1 aromatic carbocycles. The molecule has 4 N–H and O–H groups in total. The number of aryl methyl sites for hydroxylation is 1. The minimum Gasteiger partial charge on any atom is -0.369 e. The number of rotatable bonds is 3. The Bertz CT molecular complexity index is 473. The van der Waals surface area contributed by atoms with Gasteiger partial charge in [-0.2, -0.15) is 0 Å². The molecule has 0 aliphatic carbocycles. The van der Waals surface area contributed by atoms with Crippen LogP contribution in [0.1, 0.15) is 18.9 Å². The van der Waals surface area contributed by atoms with Crippen molar-refractivity contribution in [3.05, 3.63) is 23.8 Å². The van der Waals surface area contributed by atoms with Gasteiger partial charge in [0.25, 0.3) is 0 Å². The van der Waals surface area contributed by atoms with Crippen molar-refractivity contribution in [3.63, 3.8) is 0 Å². The van der Waals surface area contributed by atoms with E-state index < -0.39 is 0 Å². The molecule has 0 amide bonds. The van der Waals surface area contributed by atoms with Crippen LogP contribution >= 0.6 is 0 Å². The van der Waals surface area contributed by atoms with Gasteiger partial charge in [-0.05, 0) is 24.1 Å². The normalized spacial score (nSPS) is 11.1. The van der Waals surface area contributed by atoms with E-state index in [1.807, 2.05) is 22.8 Å². The largest absolute Gasteiger partial charge is 0.369 e. The van der Waals surface area contributed by atoms with E-state index in [4.69, 9.17) is 11.5 Å². The smallest absolute Gasteiger partial charge is 0.201 e. The van der Waals surface area contributed by atoms with Crippen molar-refractivity contribution >= 4 is 17.0 Å². The first-order chi connectivity index (χ1) is 7.26. The van der Waals surface area contributed by atoms with Crippen LogP contribution < -0.4 is 11.5 Å². The van der Waals surface area contributed by atoms with Gasteiger partial charge in [0.05, 0.1) is 11.0 Å². The molecule has 2 rings (SSSR count). The first-order valence-corrected chi connectivity index (χ1v) is 5.21. The van der Waals surface area contributed by atoms with E-state index in [-0.39, 0.29) is 0 Å². The van der Waals surface area contributed by atoms with Gasteiger partial charge in [-0.25, -0.2) is 4.98 Å². The second-order valence-electron chi connectivity index (χ2n) is 3.65. The average molecular weight is 204 g/mol. The molecule has 0 atom stereocenters. The van der Waals surface area contributed by atoms with Crippen molar-refractivity contribution in [2.45, 2.75) is 26.4 Å². The van der Waals surface area contributed by atoms with Crippen LogP contribution in [0.4, 0.5) is 5.95 Å². The van der Waals surface area contributed by atoms with Crippen LogP contribution in [0, 0.1) is 0 Å². The van der Waals surface area contributed by atoms with Crippen molar-refractivity contribution in [1.82, 2.24) is 9.55 Å². The van der Waals surface area contributed by atoms with Crippen molar-refractivity contribution in [2.75, 3.05) is 5.73 Å². The summed E-state index contributed by atoms with van der Waals surface area (Å²) in [7, 11) is 0. The summed E-state index contributed by atoms with van der Waals surface area (Å²) in [6.07, 6.45) is 1.05. The van der Waals surface area contributed by atoms with Crippen LogP contribution in [0.25, 0.3) is 11.0 Å². The maximum absolute atomic E-state index is 5.85. The van der Waals surface area contributed by atoms with Crippen molar-refractivity contribution < 1.29 is 0 Å². The van der Waals surface area contributed by atoms with E-state index in [1.54, 1.807) is 0 Å². The molecular weight excluding hydrogens is 188 g/mol. The lowest BCUT2D eigenvalue weighted by molar-refractivity contribution is 0.706. The van der Waals surface area contributed by atoms with Gasteiger partial charge in [0.2, 0.25) is 5.95 Å². The van der Waals surface area contributed by atoms with Gasteiger partial charge in [0, 0.05) is 13.1 Å². The number of nitrogen functional groups attached to an aromatic ring is 1. The summed E-state index contributed by atoms with van der Waals surface area (Å²) in [6.45, 7) is 3.57. The summed E-state index contributed by atoms with van der Waals surface area (Å²) in [5, 5.41) is 0. The first kappa shape index (κ1) is 9.98. The number of fused-ring (bicyclic) bond motifs is 1. The fourth-order valence-electron chi connectivity index (χ4n) is 1.78. The Kier molecular flexibility index (Phi) is 2.60. The molecule has 2 aromatic rings. The minimum atomic E-state index is 0.538. The Labute approximate surface area is 88.9 Å². The van der Waals surface area contributed by atoms with Crippen LogP contribution in [0.3, 0.4) is 0 Å². The standard InChI is InChI=1S/C11H16N4/c1-2-5-15-10-4-3-8(7-12)6-9(10)14-11(15)13/h3-4,6H,2,5,7,12H2,1H3,(H2,13,14). The Balaban J connectivity index is 2.58. The molecule has 0 radical (unpaired) electrons. The quantitative estimate of drug-likeness (QED) is 0.795. The predicted molar refractivity (Wildman–Crippen MR) is 62.3 cm³/mol. The summed E-state index contributed by atoms with van der Waals surface area (Å²) in [5.41, 5.74) is 14.5. The van der Waals surface area contributed by atoms with Gasteiger partial charge in [0.15, 0.2) is 0 Å². The topological polar surface area (TPSA) is 69.9 Å². The molecule has 0 saturated heterocycles. The molecule has 15 heavy (non-hydrogen) atoms. The van der Waals surface area contributed by atoms with Gasteiger partial charge in [-0.1, -0.05) is 13.0 Å². The number of benzene rings is 1. The summed E-state index contributed by atoms with van der Waals surface area (Å²) in [5.74, 6) is 0.584. The van der Waals surface area contributed by atoms with Gasteiger partial charge < -0.3 is 16.0 Å². The molecular formula is C11H16N4. The van der Waals surface area contributed by atoms with Crippen LogP contribution in [0.15, 0.2) is 18.2 Å². The predicted octanol–water partition coefficient (Wildman–Crippen LogP) is 1.49. The zero-order valence-corrected chi connectivity index (χ0v) is 8.90. The Hall–Kier alpha value is -1.55. The lowest BCUT2D eigenvalue weighted by Crippen LogP contribution is -2.02. The number of nitrogens with zero attached hydrogens (tertiary/aromatic N) is 2. The van der Waals surface area contributed by atoms with Gasteiger partial charge in [0.1, 0.15) is 0 Å². The number of hydrogen-bond donors (Lipinski definition) is 2. The van der Waals surface area contributed by atoms with Gasteiger partial charge in [-0.3, -0.25) is 0 Å². The zero-order chi connectivity index (χ0) is 10.8. The minimum absolute atomic E-state index is 0.538. The molecule has 0 fully saturated rings. The van der Waals surface area contributed by atoms with E-state index in [2.05, 4.69) is 11.9 Å². The lowest BCUT2D eigenvalue weighted by Gasteiger charge is -2.03. The number of anilines is 1. The zero-order valence-electron chi connectivity index (χ0n) is 8.90. The molecule has 0 spiro atoms. The molecule has 1 aromatic heterocycles. The van der Waals surface area contributed by atoms with E-state index in [0.717, 1.165) is 29.6 Å². The van der Waals surface area contributed by atoms with Crippen molar-refractivity contribution in [2.24, 2.45) is 5.73 Å². The first-order valence-electron chi connectivity index (χ1n) is 5.21. The van der Waals surface area contributed by atoms with E-state index >= 15 is 0 Å². The summed E-state index contributed by atoms with van der Waals surface area (Å²) in [6, 6.07) is 6.06. The molecule has 0 aliphatic heterocycles. The highest BCUT2D eigenvalue weighted by atomic mass is 15.1. The number of imidazole rings is 1. The molecule has 0 aliphatic rings. The second kappa shape index (κ2) is 3.90. The van der Waals surface area contributed by atoms with Crippen LogP contribution in [0.2, 0.25) is 0 Å². The third-order valence-corrected chi connectivity index (χ3v) is 2.53. The highest BCUT2D eigenvalue weighted by Gasteiger charge is 2.07. The van der Waals surface area contributed by atoms with E-state index in [0.29, 0.717) is 12.5 Å². The van der Waals surface area contributed by atoms with Gasteiger partial charge >= 0.3 is 0 Å². The van der Waals surface area contributed by atoms with Crippen LogP contribution in [-0.2, 0) is 13.1 Å². The Morgan fingerprint density at radius 1 is 1.40 bits per heavy atom. The second-order valence-corrected chi connectivity index (χ2v) is 3.65. The summed E-state index contributed by atoms with van der Waals surface area (Å²) >= 11 is 0. The van der Waals surface area contributed by atoms with Crippen molar-refractivity contribution in [3.8, 4) is 0 Å². The highest BCUT2D eigenvalue weighted by molar-refractivity contribution is 5.79. The molecule has 0 bridgehead atoms. The average Bonchev–Trinajstić information content (AvgIpc) is 2.55. The number of aromatic nitrogens is 2. The summed E-state index contributed by atoms with van der Waals surface area (Å²) in [4.78, 5) is 4.33. The maximum atomic E-state index is 5.85. The molecule has 4 nitrogen and oxygen atoms in total. The van der Waals surface area contributed by atoms with E-state index in [9.17, 15) is 0 Å². The molecule has 4 heteroatoms. The fourth-order valence-corrected chi connectivity index (χ4v) is 1.78. The maximum Gasteiger partial charge on any atom is 0.201 e. The Morgan fingerprint density at radius 2 is 2.20 bits per heavy atom. The van der Waals surface area contributed by atoms with Gasteiger partial charge in [-0.15, -0.1) is 0 Å². The molecule has 0 unspecified atom stereocenters. The highest BCUT2D eigenvalue weighted by Crippen LogP contribution is 2.19. The third-order valence-electron chi connectivity index (χ3n) is 2.53. The van der Waals surface area contributed by atoms with Crippen LogP contribution in [-0.4, -0.2) is 9.55 Å². The number of nitrogens with two attached hydrogens (primary N) is 2. The van der Waals surface area contributed by atoms with E-state index in [1.165, 1.54) is 0 Å². The summed E-state index contributed by atoms with van der Waals surface area (Å²) < 4.78 is 2.04. The number of hydrogen-bond acceptors (Lipinski definition) is 3. The van der Waals surface area contributed by atoms with Crippen LogP contribution in [0.5, 0.6) is 0 Å². The molecule has 0 saturated carbocycles. The SMILES string of the molecule is CCCn1c(N)nc2cc(CN)ccc21. The third kappa shape index (κ3) is 1.68. The van der Waals surface area contributed by atoms with Crippen molar-refractivity contribution in [1.29, 1.82) is 0 Å². The Morgan fingerprint density at radius 3 is 2.87 bits per heavy atom. The lowest BCUT2D eigenvalue weighted by atomic mass is 10.2. The molecule has 80 valence electrons. The monoisotopic (exact) mass is 204 g/mol. The fraction of sp³-hybridized carbons (Fsp3) is 0.364.